The average Bonchev–Trinajstić information content (AvgIpc) is 2.44. The number of nitro benzene ring substituents is 1. The molecule has 0 spiro atoms. The summed E-state index contributed by atoms with van der Waals surface area (Å²) in [5.74, 6) is -0.304. The van der Waals surface area contributed by atoms with Crippen LogP contribution in [0, 0.1) is 21.4 Å². The molecule has 0 atom stereocenters. The van der Waals surface area contributed by atoms with E-state index in [1.807, 2.05) is 0 Å². The molecule has 0 amide bonds. The highest BCUT2D eigenvalue weighted by molar-refractivity contribution is 5.70. The lowest BCUT2D eigenvalue weighted by atomic mass is 10.1. The van der Waals surface area contributed by atoms with Crippen LogP contribution in [0.25, 0.3) is 0 Å². The Bertz CT molecular complexity index is 551. The number of nitriles is 1. The van der Waals surface area contributed by atoms with Crippen molar-refractivity contribution in [2.75, 3.05) is 25.1 Å². The quantitative estimate of drug-likeness (QED) is 0.447. The number of hydrogen-bond donors (Lipinski definition) is 0. The number of esters is 1. The molecule has 1 rings (SSSR count). The maximum Gasteiger partial charge on any atom is 0.307 e. The van der Waals surface area contributed by atoms with Crippen LogP contribution in [-0.4, -0.2) is 31.1 Å². The van der Waals surface area contributed by atoms with E-state index in [-0.39, 0.29) is 23.6 Å². The molecule has 0 N–H and O–H groups in total. The Morgan fingerprint density at radius 2 is 2.25 bits per heavy atom. The molecule has 1 aromatic carbocycles. The molecule has 0 unspecified atom stereocenters. The van der Waals surface area contributed by atoms with Crippen LogP contribution < -0.4 is 4.90 Å². The largest absolute Gasteiger partial charge is 0.466 e. The third-order valence-corrected chi connectivity index (χ3v) is 2.69. The first-order chi connectivity index (χ1) is 9.49. The van der Waals surface area contributed by atoms with Crippen molar-refractivity contribution in [3.8, 4) is 6.07 Å². The summed E-state index contributed by atoms with van der Waals surface area (Å²) in [4.78, 5) is 23.1. The van der Waals surface area contributed by atoms with Crippen LogP contribution >= 0.6 is 0 Å². The summed E-state index contributed by atoms with van der Waals surface area (Å²) in [6, 6.07) is 6.06. The van der Waals surface area contributed by atoms with Gasteiger partial charge in [0.05, 0.1) is 18.0 Å². The molecule has 106 valence electrons. The van der Waals surface area contributed by atoms with Gasteiger partial charge in [0.25, 0.3) is 5.69 Å². The van der Waals surface area contributed by atoms with Gasteiger partial charge in [0.15, 0.2) is 0 Å². The minimum absolute atomic E-state index is 0.00418. The zero-order valence-electron chi connectivity index (χ0n) is 11.3. The fraction of sp³-hybridized carbons (Fsp3) is 0.385. The van der Waals surface area contributed by atoms with Crippen molar-refractivity contribution in [1.29, 1.82) is 5.26 Å². The molecule has 0 heterocycles. The number of carbonyl (C=O) groups excluding carboxylic acids is 1. The Labute approximate surface area is 116 Å². The van der Waals surface area contributed by atoms with E-state index in [2.05, 4.69) is 0 Å². The van der Waals surface area contributed by atoms with E-state index >= 15 is 0 Å². The van der Waals surface area contributed by atoms with Crippen LogP contribution in [0.3, 0.4) is 0 Å². The van der Waals surface area contributed by atoms with Crippen molar-refractivity contribution < 1.29 is 14.5 Å². The second kappa shape index (κ2) is 7.09. The Kier molecular flexibility index (Phi) is 5.47. The predicted molar refractivity (Wildman–Crippen MR) is 72.3 cm³/mol. The molecule has 0 aliphatic heterocycles. The fourth-order valence-electron chi connectivity index (χ4n) is 1.63. The summed E-state index contributed by atoms with van der Waals surface area (Å²) in [5, 5.41) is 19.6. The summed E-state index contributed by atoms with van der Waals surface area (Å²) >= 11 is 0. The number of benzene rings is 1. The molecule has 0 aromatic heterocycles. The van der Waals surface area contributed by atoms with Crippen molar-refractivity contribution >= 4 is 17.3 Å². The first-order valence-corrected chi connectivity index (χ1v) is 6.05. The van der Waals surface area contributed by atoms with Gasteiger partial charge in [-0.25, -0.2) is 0 Å². The third-order valence-electron chi connectivity index (χ3n) is 2.69. The van der Waals surface area contributed by atoms with Crippen molar-refractivity contribution in [3.63, 3.8) is 0 Å². The Balaban J connectivity index is 2.79. The standard InChI is InChI=1S/C13H15N3O4/c1-3-20-13(17)6-7-15(2)11-4-5-12(16(18)19)10(8-11)9-14/h4-5,8H,3,6-7H2,1-2H3. The molecule has 0 saturated heterocycles. The van der Waals surface area contributed by atoms with Crippen molar-refractivity contribution in [2.45, 2.75) is 13.3 Å². The van der Waals surface area contributed by atoms with Gasteiger partial charge in [-0.2, -0.15) is 5.26 Å². The first kappa shape index (κ1) is 15.4. The third kappa shape index (κ3) is 3.95. The van der Waals surface area contributed by atoms with Gasteiger partial charge in [-0.15, -0.1) is 0 Å². The van der Waals surface area contributed by atoms with Gasteiger partial charge in [-0.3, -0.25) is 14.9 Å². The lowest BCUT2D eigenvalue weighted by molar-refractivity contribution is -0.385. The molecule has 0 saturated carbocycles. The molecule has 7 nitrogen and oxygen atoms in total. The minimum Gasteiger partial charge on any atom is -0.466 e. The molecule has 20 heavy (non-hydrogen) atoms. The second-order valence-corrected chi connectivity index (χ2v) is 4.05. The van der Waals surface area contributed by atoms with Gasteiger partial charge < -0.3 is 9.64 Å². The Hall–Kier alpha value is -2.62. The molecule has 7 heteroatoms. The molecule has 1 aromatic rings. The Morgan fingerprint density at radius 3 is 2.80 bits per heavy atom. The van der Waals surface area contributed by atoms with Gasteiger partial charge in [0.2, 0.25) is 0 Å². The van der Waals surface area contributed by atoms with Crippen LogP contribution in [0.5, 0.6) is 0 Å². The molecular formula is C13H15N3O4. The smallest absolute Gasteiger partial charge is 0.307 e. The van der Waals surface area contributed by atoms with Gasteiger partial charge in [0.1, 0.15) is 11.6 Å². The van der Waals surface area contributed by atoms with E-state index in [0.29, 0.717) is 18.8 Å². The van der Waals surface area contributed by atoms with Crippen LogP contribution in [0.2, 0.25) is 0 Å². The van der Waals surface area contributed by atoms with Gasteiger partial charge in [-0.1, -0.05) is 0 Å². The van der Waals surface area contributed by atoms with Crippen molar-refractivity contribution in [3.05, 3.63) is 33.9 Å². The van der Waals surface area contributed by atoms with E-state index in [9.17, 15) is 14.9 Å². The molecule has 0 aliphatic carbocycles. The van der Waals surface area contributed by atoms with E-state index in [1.165, 1.54) is 12.1 Å². The normalized spacial score (nSPS) is 9.65. The average molecular weight is 277 g/mol. The highest BCUT2D eigenvalue weighted by Crippen LogP contribution is 2.23. The second-order valence-electron chi connectivity index (χ2n) is 4.05. The number of nitro groups is 1. The van der Waals surface area contributed by atoms with E-state index in [4.69, 9.17) is 10.00 Å². The lowest BCUT2D eigenvalue weighted by Crippen LogP contribution is -2.22. The van der Waals surface area contributed by atoms with Crippen LogP contribution in [0.4, 0.5) is 11.4 Å². The van der Waals surface area contributed by atoms with Crippen LogP contribution in [-0.2, 0) is 9.53 Å². The topological polar surface area (TPSA) is 96.5 Å². The van der Waals surface area contributed by atoms with Gasteiger partial charge in [-0.05, 0) is 19.1 Å². The highest BCUT2D eigenvalue weighted by Gasteiger charge is 2.15. The van der Waals surface area contributed by atoms with Crippen LogP contribution in [0.1, 0.15) is 18.9 Å². The van der Waals surface area contributed by atoms with E-state index in [0.717, 1.165) is 0 Å². The maximum atomic E-state index is 11.3. The molecule has 0 aliphatic rings. The molecule has 0 radical (unpaired) electrons. The predicted octanol–water partition coefficient (Wildman–Crippen LogP) is 1.86. The zero-order chi connectivity index (χ0) is 15.1. The zero-order valence-corrected chi connectivity index (χ0v) is 11.3. The molecular weight excluding hydrogens is 262 g/mol. The van der Waals surface area contributed by atoms with Gasteiger partial charge >= 0.3 is 5.97 Å². The SMILES string of the molecule is CCOC(=O)CCN(C)c1ccc([N+](=O)[O-])c(C#N)c1. The van der Waals surface area contributed by atoms with Gasteiger partial charge in [0, 0.05) is 25.3 Å². The van der Waals surface area contributed by atoms with E-state index in [1.54, 1.807) is 31.0 Å². The number of hydrogen-bond acceptors (Lipinski definition) is 6. The maximum absolute atomic E-state index is 11.3. The Morgan fingerprint density at radius 1 is 1.55 bits per heavy atom. The number of anilines is 1. The first-order valence-electron chi connectivity index (χ1n) is 6.05. The summed E-state index contributed by atoms with van der Waals surface area (Å²) in [6.45, 7) is 2.47. The monoisotopic (exact) mass is 277 g/mol. The minimum atomic E-state index is -0.596. The summed E-state index contributed by atoms with van der Waals surface area (Å²) < 4.78 is 4.82. The number of carbonyl (C=O) groups is 1. The lowest BCUT2D eigenvalue weighted by Gasteiger charge is -2.18. The van der Waals surface area contributed by atoms with Crippen molar-refractivity contribution in [2.24, 2.45) is 0 Å². The summed E-state index contributed by atoms with van der Waals surface area (Å²) in [5.41, 5.74) is 0.405. The molecule has 0 bridgehead atoms. The number of nitrogens with zero attached hydrogens (tertiary/aromatic N) is 3. The van der Waals surface area contributed by atoms with E-state index < -0.39 is 4.92 Å². The number of ether oxygens (including phenoxy) is 1. The van der Waals surface area contributed by atoms with Crippen molar-refractivity contribution in [1.82, 2.24) is 0 Å². The summed E-state index contributed by atoms with van der Waals surface area (Å²) in [7, 11) is 1.74. The highest BCUT2D eigenvalue weighted by atomic mass is 16.6. The number of rotatable bonds is 6. The van der Waals surface area contributed by atoms with Crippen LogP contribution in [0.15, 0.2) is 18.2 Å². The summed E-state index contributed by atoms with van der Waals surface area (Å²) in [6.07, 6.45) is 0.212. The fourth-order valence-corrected chi connectivity index (χ4v) is 1.63. The molecule has 0 fully saturated rings.